The first-order valence-corrected chi connectivity index (χ1v) is 10.5. The summed E-state index contributed by atoms with van der Waals surface area (Å²) in [6.07, 6.45) is 0. The van der Waals surface area contributed by atoms with Gasteiger partial charge in [0.15, 0.2) is 0 Å². The van der Waals surface area contributed by atoms with Gasteiger partial charge in [0.05, 0.1) is 18.7 Å². The topological polar surface area (TPSA) is 61.9 Å². The number of thiophene rings is 1. The number of esters is 1. The van der Waals surface area contributed by atoms with E-state index in [2.05, 4.69) is 15.1 Å². The van der Waals surface area contributed by atoms with Crippen LogP contribution in [0, 0.1) is 6.92 Å². The van der Waals surface area contributed by atoms with Crippen LogP contribution in [0.3, 0.4) is 0 Å². The number of nitrogens with zero attached hydrogens (tertiary/aromatic N) is 2. The summed E-state index contributed by atoms with van der Waals surface area (Å²) in [6, 6.07) is 9.56. The van der Waals surface area contributed by atoms with Crippen molar-refractivity contribution < 1.29 is 14.3 Å². The van der Waals surface area contributed by atoms with E-state index >= 15 is 0 Å². The summed E-state index contributed by atoms with van der Waals surface area (Å²) in [5, 5.41) is 4.16. The molecule has 150 valence electrons. The lowest BCUT2D eigenvalue weighted by Crippen LogP contribution is -2.48. The van der Waals surface area contributed by atoms with Crippen molar-refractivity contribution >= 4 is 45.5 Å². The minimum Gasteiger partial charge on any atom is -0.462 e. The van der Waals surface area contributed by atoms with Crippen molar-refractivity contribution in [3.8, 4) is 0 Å². The maximum atomic E-state index is 12.5. The first-order valence-electron chi connectivity index (χ1n) is 9.26. The van der Waals surface area contributed by atoms with Gasteiger partial charge in [-0.25, -0.2) is 4.79 Å². The van der Waals surface area contributed by atoms with Crippen LogP contribution in [-0.2, 0) is 9.53 Å². The normalized spacial score (nSPS) is 14.8. The highest BCUT2D eigenvalue weighted by Gasteiger charge is 2.22. The number of amides is 1. The van der Waals surface area contributed by atoms with Gasteiger partial charge < -0.3 is 15.0 Å². The summed E-state index contributed by atoms with van der Waals surface area (Å²) in [7, 11) is 0. The molecule has 28 heavy (non-hydrogen) atoms. The second-order valence-electron chi connectivity index (χ2n) is 6.61. The standard InChI is InChI=1S/C20H24ClN3O3S/c1-3-27-20(26)17-12-14(2)28-19(17)22-18(25)13-23-8-10-24(11-9-23)16-6-4-15(21)5-7-16/h4-7,12H,3,8-11,13H2,1-2H3,(H,22,25). The van der Waals surface area contributed by atoms with Crippen molar-refractivity contribution in [2.24, 2.45) is 0 Å². The molecule has 1 fully saturated rings. The largest absolute Gasteiger partial charge is 0.462 e. The number of carbonyl (C=O) groups excluding carboxylic acids is 2. The zero-order valence-corrected chi connectivity index (χ0v) is 17.6. The molecule has 0 atom stereocenters. The third-order valence-electron chi connectivity index (χ3n) is 4.53. The highest BCUT2D eigenvalue weighted by molar-refractivity contribution is 7.16. The summed E-state index contributed by atoms with van der Waals surface area (Å²) in [5.41, 5.74) is 1.56. The molecule has 0 bridgehead atoms. The van der Waals surface area contributed by atoms with Gasteiger partial charge >= 0.3 is 5.97 Å². The van der Waals surface area contributed by atoms with E-state index < -0.39 is 5.97 Å². The van der Waals surface area contributed by atoms with Crippen LogP contribution in [0.25, 0.3) is 0 Å². The predicted octanol–water partition coefficient (Wildman–Crippen LogP) is 3.65. The fourth-order valence-electron chi connectivity index (χ4n) is 3.15. The molecule has 1 saturated heterocycles. The molecule has 1 aliphatic rings. The van der Waals surface area contributed by atoms with Crippen LogP contribution < -0.4 is 10.2 Å². The molecule has 0 aliphatic carbocycles. The lowest BCUT2D eigenvalue weighted by atomic mass is 10.2. The Morgan fingerprint density at radius 1 is 1.18 bits per heavy atom. The molecular formula is C20H24ClN3O3S. The fourth-order valence-corrected chi connectivity index (χ4v) is 4.19. The monoisotopic (exact) mass is 421 g/mol. The number of halogens is 1. The van der Waals surface area contributed by atoms with Crippen molar-refractivity contribution in [2.75, 3.05) is 49.5 Å². The van der Waals surface area contributed by atoms with Crippen LogP contribution in [-0.4, -0.2) is 56.1 Å². The van der Waals surface area contributed by atoms with Crippen molar-refractivity contribution in [2.45, 2.75) is 13.8 Å². The number of aryl methyl sites for hydroxylation is 1. The number of carbonyl (C=O) groups is 2. The maximum absolute atomic E-state index is 12.5. The average molecular weight is 422 g/mol. The third kappa shape index (κ3) is 5.25. The molecule has 0 radical (unpaired) electrons. The molecule has 2 heterocycles. The summed E-state index contributed by atoms with van der Waals surface area (Å²) >= 11 is 7.34. The summed E-state index contributed by atoms with van der Waals surface area (Å²) in [6.45, 7) is 7.56. The van der Waals surface area contributed by atoms with Gasteiger partial charge in [-0.15, -0.1) is 11.3 Å². The molecule has 0 saturated carbocycles. The summed E-state index contributed by atoms with van der Waals surface area (Å²) in [5.74, 6) is -0.522. The number of rotatable bonds is 6. The van der Waals surface area contributed by atoms with Crippen LogP contribution in [0.1, 0.15) is 22.2 Å². The van der Waals surface area contributed by atoms with E-state index in [4.69, 9.17) is 16.3 Å². The Labute approximate surface area is 174 Å². The van der Waals surface area contributed by atoms with Crippen molar-refractivity contribution in [3.63, 3.8) is 0 Å². The molecule has 1 aromatic heterocycles. The van der Waals surface area contributed by atoms with Gasteiger partial charge in [0, 0.05) is 41.8 Å². The molecule has 1 aromatic carbocycles. The van der Waals surface area contributed by atoms with Crippen LogP contribution in [0.2, 0.25) is 5.02 Å². The van der Waals surface area contributed by atoms with E-state index in [9.17, 15) is 9.59 Å². The maximum Gasteiger partial charge on any atom is 0.341 e. The van der Waals surface area contributed by atoms with E-state index in [0.29, 0.717) is 23.7 Å². The number of anilines is 2. The Morgan fingerprint density at radius 2 is 1.86 bits per heavy atom. The van der Waals surface area contributed by atoms with Gasteiger partial charge in [0.1, 0.15) is 5.00 Å². The Kier molecular flexibility index (Phi) is 6.93. The second-order valence-corrected chi connectivity index (χ2v) is 8.30. The quantitative estimate of drug-likeness (QED) is 0.721. The molecule has 1 N–H and O–H groups in total. The van der Waals surface area contributed by atoms with Gasteiger partial charge in [-0.1, -0.05) is 11.6 Å². The number of benzene rings is 1. The van der Waals surface area contributed by atoms with Crippen LogP contribution in [0.5, 0.6) is 0 Å². The number of hydrogen-bond donors (Lipinski definition) is 1. The van der Waals surface area contributed by atoms with Crippen LogP contribution in [0.4, 0.5) is 10.7 Å². The van der Waals surface area contributed by atoms with Gasteiger partial charge in [-0.2, -0.15) is 0 Å². The molecule has 8 heteroatoms. The molecule has 6 nitrogen and oxygen atoms in total. The SMILES string of the molecule is CCOC(=O)c1cc(C)sc1NC(=O)CN1CCN(c2ccc(Cl)cc2)CC1. The Hall–Kier alpha value is -2.09. The Morgan fingerprint density at radius 3 is 2.50 bits per heavy atom. The van der Waals surface area contributed by atoms with E-state index in [0.717, 1.165) is 41.8 Å². The van der Waals surface area contributed by atoms with Gasteiger partial charge in [-0.05, 0) is 44.2 Å². The highest BCUT2D eigenvalue weighted by Crippen LogP contribution is 2.28. The number of ether oxygens (including phenoxy) is 1. The smallest absolute Gasteiger partial charge is 0.341 e. The summed E-state index contributed by atoms with van der Waals surface area (Å²) < 4.78 is 5.07. The van der Waals surface area contributed by atoms with Crippen LogP contribution in [0.15, 0.2) is 30.3 Å². The minimum absolute atomic E-state index is 0.118. The van der Waals surface area contributed by atoms with E-state index in [1.807, 2.05) is 31.2 Å². The van der Waals surface area contributed by atoms with Gasteiger partial charge in [-0.3, -0.25) is 9.69 Å². The van der Waals surface area contributed by atoms with E-state index in [-0.39, 0.29) is 5.91 Å². The molecule has 0 spiro atoms. The predicted molar refractivity (Wildman–Crippen MR) is 114 cm³/mol. The third-order valence-corrected chi connectivity index (χ3v) is 5.75. The minimum atomic E-state index is -0.404. The molecule has 3 rings (SSSR count). The lowest BCUT2D eigenvalue weighted by Gasteiger charge is -2.35. The lowest BCUT2D eigenvalue weighted by molar-refractivity contribution is -0.117. The molecule has 2 aromatic rings. The fraction of sp³-hybridized carbons (Fsp3) is 0.400. The van der Waals surface area contributed by atoms with E-state index in [1.54, 1.807) is 13.0 Å². The average Bonchev–Trinajstić information content (AvgIpc) is 3.03. The Balaban J connectivity index is 1.52. The first kappa shape index (κ1) is 20.6. The van der Waals surface area contributed by atoms with Gasteiger partial charge in [0.2, 0.25) is 5.91 Å². The zero-order chi connectivity index (χ0) is 20.1. The molecule has 0 unspecified atom stereocenters. The summed E-state index contributed by atoms with van der Waals surface area (Å²) in [4.78, 5) is 29.9. The number of nitrogens with one attached hydrogen (secondary N) is 1. The molecule has 1 aliphatic heterocycles. The highest BCUT2D eigenvalue weighted by atomic mass is 35.5. The van der Waals surface area contributed by atoms with Crippen molar-refractivity contribution in [1.29, 1.82) is 0 Å². The van der Waals surface area contributed by atoms with Crippen molar-refractivity contribution in [3.05, 3.63) is 45.8 Å². The van der Waals surface area contributed by atoms with Crippen LogP contribution >= 0.6 is 22.9 Å². The zero-order valence-electron chi connectivity index (χ0n) is 16.0. The number of hydrogen-bond acceptors (Lipinski definition) is 6. The molecular weight excluding hydrogens is 398 g/mol. The first-order chi connectivity index (χ1) is 13.5. The Bertz CT molecular complexity index is 830. The van der Waals surface area contributed by atoms with Gasteiger partial charge in [0.25, 0.3) is 0 Å². The van der Waals surface area contributed by atoms with E-state index in [1.165, 1.54) is 11.3 Å². The number of piperazine rings is 1. The van der Waals surface area contributed by atoms with Crippen molar-refractivity contribution in [1.82, 2.24) is 4.90 Å². The second kappa shape index (κ2) is 9.41. The molecule has 1 amide bonds.